The number of ether oxygens (including phenoxy) is 2. The molecule has 0 spiro atoms. The molecule has 4 aliphatic rings. The number of carboxylic acid groups (broad SMARTS) is 1. The molecule has 16 heteroatoms. The molecule has 2 amide bonds. The van der Waals surface area contributed by atoms with Crippen molar-refractivity contribution in [3.63, 3.8) is 0 Å². The minimum Gasteiger partial charge on any atom is -0.479 e. The first kappa shape index (κ1) is 49.3. The van der Waals surface area contributed by atoms with Crippen LogP contribution in [0.4, 0.5) is 0 Å². The Kier molecular flexibility index (Phi) is 16.0. The highest BCUT2D eigenvalue weighted by Crippen LogP contribution is 2.46. The number of carbonyl (C=O) groups excluding carboxylic acids is 4. The highest BCUT2D eigenvalue weighted by molar-refractivity contribution is 6.69. The SMILES string of the molecule is C[C@]1(O)[C@@H](CCOC(=O)c2ccccc2)C(=O)N[C@]1(C(=O)O)[C@H](O)[C@@H]1C=CCCC1.C[C@]1(O)[C@@H](CCOC(=O)c2ccccc2)C(=O)N[C@]1(CO)[C@H](O[Si](C)(C)C)[C@@H]1C=CCCC1. The molecule has 7 N–H and O–H groups in total. The zero-order chi connectivity index (χ0) is 46.2. The number of nitrogens with one attached hydrogen (secondary N) is 2. The fourth-order valence-corrected chi connectivity index (χ4v) is 10.6. The molecule has 2 aliphatic heterocycles. The molecule has 2 fully saturated rings. The Hall–Kier alpha value is -4.71. The molecule has 0 bridgehead atoms. The lowest BCUT2D eigenvalue weighted by Gasteiger charge is -2.49. The van der Waals surface area contributed by atoms with Crippen LogP contribution in [0.25, 0.3) is 0 Å². The average molecular weight is 893 g/mol. The number of esters is 2. The molecule has 0 radical (unpaired) electrons. The number of carbonyl (C=O) groups is 5. The highest BCUT2D eigenvalue weighted by atomic mass is 28.4. The molecule has 2 aliphatic carbocycles. The second-order valence-electron chi connectivity index (χ2n) is 18.3. The van der Waals surface area contributed by atoms with Crippen LogP contribution in [-0.4, -0.2) is 118 Å². The summed E-state index contributed by atoms with van der Waals surface area (Å²) in [4.78, 5) is 62.3. The molecule has 0 aromatic heterocycles. The Morgan fingerprint density at radius 1 is 0.746 bits per heavy atom. The molecule has 344 valence electrons. The zero-order valence-electron chi connectivity index (χ0n) is 36.8. The highest BCUT2D eigenvalue weighted by Gasteiger charge is 2.70. The van der Waals surface area contributed by atoms with Gasteiger partial charge in [0.2, 0.25) is 11.8 Å². The third kappa shape index (κ3) is 10.5. The van der Waals surface area contributed by atoms with Gasteiger partial charge >= 0.3 is 17.9 Å². The van der Waals surface area contributed by atoms with Crippen molar-refractivity contribution >= 4 is 38.0 Å². The van der Waals surface area contributed by atoms with Crippen molar-refractivity contribution in [3.05, 3.63) is 96.1 Å². The second-order valence-corrected chi connectivity index (χ2v) is 22.8. The molecule has 2 heterocycles. The van der Waals surface area contributed by atoms with Gasteiger partial charge in [0, 0.05) is 11.8 Å². The fraction of sp³-hybridized carbons (Fsp3) is 0.553. The molecule has 10 atom stereocenters. The summed E-state index contributed by atoms with van der Waals surface area (Å²) < 4.78 is 17.1. The van der Waals surface area contributed by atoms with Gasteiger partial charge in [-0.1, -0.05) is 60.7 Å². The molecule has 63 heavy (non-hydrogen) atoms. The number of rotatable bonds is 16. The van der Waals surface area contributed by atoms with Crippen molar-refractivity contribution < 1.29 is 63.4 Å². The summed E-state index contributed by atoms with van der Waals surface area (Å²) in [6.45, 7) is 8.34. The van der Waals surface area contributed by atoms with Gasteiger partial charge in [0.15, 0.2) is 13.9 Å². The minimum absolute atomic E-state index is 0.0215. The maximum Gasteiger partial charge on any atom is 0.338 e. The van der Waals surface area contributed by atoms with Gasteiger partial charge in [0.25, 0.3) is 0 Å². The second kappa shape index (κ2) is 20.4. The molecule has 15 nitrogen and oxygen atoms in total. The Balaban J connectivity index is 0.000000239. The van der Waals surface area contributed by atoms with E-state index < -0.39 is 91.0 Å². The molecule has 2 saturated heterocycles. The zero-order valence-corrected chi connectivity index (χ0v) is 37.8. The van der Waals surface area contributed by atoms with E-state index in [4.69, 9.17) is 13.9 Å². The van der Waals surface area contributed by atoms with Crippen molar-refractivity contribution in [1.82, 2.24) is 10.6 Å². The number of aliphatic carboxylic acids is 1. The van der Waals surface area contributed by atoms with E-state index in [1.54, 1.807) is 67.6 Å². The monoisotopic (exact) mass is 892 g/mol. The maximum absolute atomic E-state index is 13.1. The first-order chi connectivity index (χ1) is 29.7. The summed E-state index contributed by atoms with van der Waals surface area (Å²) in [5.74, 6) is -6.18. The topological polar surface area (TPSA) is 238 Å². The van der Waals surface area contributed by atoms with Crippen molar-refractivity contribution in [2.75, 3.05) is 19.8 Å². The van der Waals surface area contributed by atoms with E-state index in [0.717, 1.165) is 32.1 Å². The van der Waals surface area contributed by atoms with E-state index in [1.807, 2.05) is 12.1 Å². The Morgan fingerprint density at radius 2 is 1.21 bits per heavy atom. The van der Waals surface area contributed by atoms with Crippen LogP contribution in [0.5, 0.6) is 0 Å². The number of hydrogen-bond donors (Lipinski definition) is 7. The Labute approximate surface area is 370 Å². The number of aliphatic hydroxyl groups excluding tert-OH is 2. The van der Waals surface area contributed by atoms with Crippen LogP contribution in [0.3, 0.4) is 0 Å². The van der Waals surface area contributed by atoms with E-state index in [9.17, 15) is 49.5 Å². The normalized spacial score (nSPS) is 31.2. The van der Waals surface area contributed by atoms with Gasteiger partial charge in [-0.3, -0.25) is 9.59 Å². The van der Waals surface area contributed by atoms with Crippen LogP contribution < -0.4 is 10.6 Å². The Bertz CT molecular complexity index is 1980. The quantitative estimate of drug-likeness (QED) is 0.0708. The summed E-state index contributed by atoms with van der Waals surface area (Å²) in [5, 5.41) is 59.7. The molecular formula is C47H64N2O13Si. The van der Waals surface area contributed by atoms with Gasteiger partial charge in [-0.05, 0) is 109 Å². The number of hydrogen-bond acceptors (Lipinski definition) is 12. The first-order valence-electron chi connectivity index (χ1n) is 21.8. The molecular weight excluding hydrogens is 829 g/mol. The van der Waals surface area contributed by atoms with Gasteiger partial charge in [-0.25, -0.2) is 14.4 Å². The first-order valence-corrected chi connectivity index (χ1v) is 25.2. The third-order valence-corrected chi connectivity index (χ3v) is 14.0. The molecule has 6 rings (SSSR count). The van der Waals surface area contributed by atoms with Crippen LogP contribution in [0.15, 0.2) is 85.0 Å². The lowest BCUT2D eigenvalue weighted by molar-refractivity contribution is -0.170. The van der Waals surface area contributed by atoms with E-state index in [1.165, 1.54) is 6.92 Å². The van der Waals surface area contributed by atoms with Crippen LogP contribution >= 0.6 is 0 Å². The molecule has 2 aromatic carbocycles. The van der Waals surface area contributed by atoms with Crippen molar-refractivity contribution in [3.8, 4) is 0 Å². The van der Waals surface area contributed by atoms with Gasteiger partial charge in [0.05, 0.1) is 55.0 Å². The fourth-order valence-electron chi connectivity index (χ4n) is 9.48. The molecule has 0 saturated carbocycles. The van der Waals surface area contributed by atoms with Crippen LogP contribution in [0.1, 0.15) is 85.9 Å². The van der Waals surface area contributed by atoms with Gasteiger partial charge in [0.1, 0.15) is 16.7 Å². The van der Waals surface area contributed by atoms with Crippen molar-refractivity contribution in [2.45, 2.75) is 119 Å². The van der Waals surface area contributed by atoms with E-state index in [0.29, 0.717) is 17.5 Å². The molecule has 2 aromatic rings. The predicted octanol–water partition coefficient (Wildman–Crippen LogP) is 4.31. The number of benzene rings is 2. The maximum atomic E-state index is 13.1. The predicted molar refractivity (Wildman–Crippen MR) is 235 cm³/mol. The summed E-state index contributed by atoms with van der Waals surface area (Å²) in [5.41, 5.74) is -6.54. The summed E-state index contributed by atoms with van der Waals surface area (Å²) in [7, 11) is -2.10. The number of carboxylic acids is 1. The van der Waals surface area contributed by atoms with Crippen LogP contribution in [-0.2, 0) is 28.3 Å². The van der Waals surface area contributed by atoms with Crippen LogP contribution in [0, 0.1) is 23.7 Å². The number of allylic oxidation sites excluding steroid dienone is 2. The van der Waals surface area contributed by atoms with Crippen molar-refractivity contribution in [2.24, 2.45) is 23.7 Å². The summed E-state index contributed by atoms with van der Waals surface area (Å²) in [6.07, 6.45) is 10.8. The average Bonchev–Trinajstić information content (AvgIpc) is 3.60. The van der Waals surface area contributed by atoms with Gasteiger partial charge in [-0.15, -0.1) is 0 Å². The number of amides is 2. The van der Waals surface area contributed by atoms with E-state index in [2.05, 4.69) is 42.4 Å². The van der Waals surface area contributed by atoms with E-state index in [-0.39, 0.29) is 37.9 Å². The van der Waals surface area contributed by atoms with Crippen LogP contribution in [0.2, 0.25) is 19.6 Å². The lowest BCUT2D eigenvalue weighted by atomic mass is 9.68. The minimum atomic E-state index is -2.26. The standard InChI is InChI=1S/C25H37NO6Si.C22H27NO7/c1-24(30)20(15-16-31-23(29)19-13-9-6-10-14-19)22(28)26-25(24,17-27)21(32-33(2,3)4)18-11-7-5-8-12-18;1-21(29)16(12-13-30-19(26)15-10-6-3-7-11-15)18(25)23-22(21,20(27)28)17(24)14-8-4-2-5-9-14/h6-7,9-11,13-14,18,20-21,27,30H,5,8,12,15-17H2,1-4H3,(H,26,28);3-4,6-8,10-11,14,16-17,24,29H,2,5,9,12-13H2,1H3,(H,23,25)(H,27,28)/t18-,20+,21-,24+,25-;14-,16+,17-,21+,22+/m11/s1. The summed E-state index contributed by atoms with van der Waals surface area (Å²) in [6, 6.07) is 16.9. The largest absolute Gasteiger partial charge is 0.479 e. The van der Waals surface area contributed by atoms with E-state index >= 15 is 0 Å². The van der Waals surface area contributed by atoms with Crippen molar-refractivity contribution in [1.29, 1.82) is 0 Å². The smallest absolute Gasteiger partial charge is 0.338 e. The number of aliphatic hydroxyl groups is 4. The van der Waals surface area contributed by atoms with Gasteiger partial charge < -0.3 is 50.1 Å². The van der Waals surface area contributed by atoms with Gasteiger partial charge in [-0.2, -0.15) is 0 Å². The summed E-state index contributed by atoms with van der Waals surface area (Å²) >= 11 is 0. The lowest BCUT2D eigenvalue weighted by Crippen LogP contribution is -2.70. The third-order valence-electron chi connectivity index (χ3n) is 13.0. The molecule has 0 unspecified atom stereocenters. The Morgan fingerprint density at radius 3 is 1.63 bits per heavy atom.